The largest absolute Gasteiger partial charge is 0.333 e. The summed E-state index contributed by atoms with van der Waals surface area (Å²) in [4.78, 5) is 14.6. The van der Waals surface area contributed by atoms with Crippen LogP contribution in [0.5, 0.6) is 0 Å². The number of aromatic nitrogens is 2. The number of halogens is 1. The van der Waals surface area contributed by atoms with Crippen molar-refractivity contribution < 1.29 is 17.6 Å². The Morgan fingerprint density at radius 3 is 2.61 bits per heavy atom. The summed E-state index contributed by atoms with van der Waals surface area (Å²) < 4.78 is 37.6. The van der Waals surface area contributed by atoms with E-state index in [1.54, 1.807) is 24.0 Å². The predicted octanol–water partition coefficient (Wildman–Crippen LogP) is 3.02. The first-order valence-electron chi connectivity index (χ1n) is 9.51. The van der Waals surface area contributed by atoms with Crippen molar-refractivity contribution in [1.82, 2.24) is 15.1 Å². The van der Waals surface area contributed by atoms with Gasteiger partial charge in [0, 0.05) is 18.7 Å². The number of carbonyl (C=O) groups is 1. The zero-order valence-corrected chi connectivity index (χ0v) is 17.1. The van der Waals surface area contributed by atoms with E-state index in [1.807, 2.05) is 13.0 Å². The molecule has 0 bridgehead atoms. The van der Waals surface area contributed by atoms with E-state index in [-0.39, 0.29) is 35.7 Å². The fourth-order valence-corrected chi connectivity index (χ4v) is 5.17. The van der Waals surface area contributed by atoms with Crippen molar-refractivity contribution >= 4 is 15.7 Å². The van der Waals surface area contributed by atoms with E-state index < -0.39 is 9.84 Å². The Morgan fingerprint density at radius 2 is 2.00 bits per heavy atom. The molecular weight excluding hydrogens is 381 g/mol. The maximum Gasteiger partial charge on any atom is 0.272 e. The van der Waals surface area contributed by atoms with Gasteiger partial charge in [-0.15, -0.1) is 0 Å². The van der Waals surface area contributed by atoms with Gasteiger partial charge in [-0.1, -0.05) is 12.1 Å². The van der Waals surface area contributed by atoms with Gasteiger partial charge in [0.1, 0.15) is 21.3 Å². The molecule has 0 aliphatic carbocycles. The average molecular weight is 408 g/mol. The molecular formula is C20H26FN3O3S. The van der Waals surface area contributed by atoms with Crippen LogP contribution < -0.4 is 0 Å². The van der Waals surface area contributed by atoms with Gasteiger partial charge in [-0.2, -0.15) is 5.10 Å². The van der Waals surface area contributed by atoms with Crippen molar-refractivity contribution in [1.29, 1.82) is 0 Å². The Morgan fingerprint density at radius 1 is 1.29 bits per heavy atom. The lowest BCUT2D eigenvalue weighted by atomic mass is 9.98. The van der Waals surface area contributed by atoms with Crippen LogP contribution in [-0.2, 0) is 16.4 Å². The molecule has 3 rings (SSSR count). The number of hydrogen-bond acceptors (Lipinski definition) is 4. The van der Waals surface area contributed by atoms with Gasteiger partial charge in [0.05, 0.1) is 17.2 Å². The van der Waals surface area contributed by atoms with E-state index >= 15 is 0 Å². The molecule has 0 unspecified atom stereocenters. The number of nitrogens with one attached hydrogen (secondary N) is 1. The number of amides is 1. The van der Waals surface area contributed by atoms with Crippen LogP contribution in [0.1, 0.15) is 46.6 Å². The summed E-state index contributed by atoms with van der Waals surface area (Å²) >= 11 is 0. The molecule has 6 nitrogen and oxygen atoms in total. The molecule has 2 aromatic rings. The molecule has 1 aromatic heterocycles. The number of carbonyl (C=O) groups excluding carboxylic acids is 1. The Hall–Kier alpha value is -2.22. The summed E-state index contributed by atoms with van der Waals surface area (Å²) in [5.74, 6) is 0.105. The van der Waals surface area contributed by atoms with Gasteiger partial charge in [0.15, 0.2) is 0 Å². The zero-order valence-electron chi connectivity index (χ0n) is 16.2. The highest BCUT2D eigenvalue weighted by atomic mass is 32.2. The molecule has 1 aliphatic heterocycles. The number of rotatable bonds is 6. The van der Waals surface area contributed by atoms with Crippen molar-refractivity contribution in [3.63, 3.8) is 0 Å². The Bertz CT molecular complexity index is 921. The van der Waals surface area contributed by atoms with Gasteiger partial charge in [0.2, 0.25) is 0 Å². The minimum atomic E-state index is -2.91. The quantitative estimate of drug-likeness (QED) is 0.798. The first kappa shape index (κ1) is 20.5. The topological polar surface area (TPSA) is 83.1 Å². The SMILES string of the molecule is Cc1cc(C(=O)N(CCC2CCS(=O)(=O)CC2)Cc2c(C)cccc2F)[nH]n1. The number of benzene rings is 1. The first-order valence-corrected chi connectivity index (χ1v) is 11.3. The number of hydrogen-bond donors (Lipinski definition) is 1. The Balaban J connectivity index is 1.75. The number of nitrogens with zero attached hydrogens (tertiary/aromatic N) is 2. The van der Waals surface area contributed by atoms with Crippen molar-refractivity contribution in [2.75, 3.05) is 18.1 Å². The third-order valence-electron chi connectivity index (χ3n) is 5.41. The second-order valence-electron chi connectivity index (χ2n) is 7.57. The van der Waals surface area contributed by atoms with Crippen molar-refractivity contribution in [2.45, 2.75) is 39.7 Å². The van der Waals surface area contributed by atoms with E-state index in [0.717, 1.165) is 5.56 Å². The van der Waals surface area contributed by atoms with Crippen LogP contribution in [0.15, 0.2) is 24.3 Å². The van der Waals surface area contributed by atoms with Crippen LogP contribution in [0, 0.1) is 25.6 Å². The average Bonchev–Trinajstić information content (AvgIpc) is 3.08. The molecule has 0 saturated carbocycles. The fraction of sp³-hybridized carbons (Fsp3) is 0.500. The van der Waals surface area contributed by atoms with Crippen molar-refractivity contribution in [3.05, 3.63) is 52.6 Å². The van der Waals surface area contributed by atoms with E-state index in [0.29, 0.717) is 42.8 Å². The lowest BCUT2D eigenvalue weighted by Crippen LogP contribution is -2.34. The van der Waals surface area contributed by atoms with Gasteiger partial charge in [-0.3, -0.25) is 9.89 Å². The molecule has 152 valence electrons. The molecule has 0 radical (unpaired) electrons. The van der Waals surface area contributed by atoms with Crippen molar-refractivity contribution in [3.8, 4) is 0 Å². The number of H-pyrrole nitrogens is 1. The third kappa shape index (κ3) is 4.98. The standard InChI is InChI=1S/C20H26FN3O3S/c1-14-4-3-5-18(21)17(14)13-24(20(25)19-12-15(2)22-23-19)9-6-16-7-10-28(26,27)11-8-16/h3-5,12,16H,6-11,13H2,1-2H3,(H,22,23). The highest BCUT2D eigenvalue weighted by molar-refractivity contribution is 7.91. The predicted molar refractivity (Wildman–Crippen MR) is 105 cm³/mol. The molecule has 1 aromatic carbocycles. The maximum atomic E-state index is 14.3. The van der Waals surface area contributed by atoms with Crippen LogP contribution in [0.25, 0.3) is 0 Å². The molecule has 1 fully saturated rings. The molecule has 0 atom stereocenters. The lowest BCUT2D eigenvalue weighted by molar-refractivity contribution is 0.0723. The number of aromatic amines is 1. The highest BCUT2D eigenvalue weighted by Gasteiger charge is 2.26. The van der Waals surface area contributed by atoms with Gasteiger partial charge in [-0.25, -0.2) is 12.8 Å². The van der Waals surface area contributed by atoms with E-state index in [2.05, 4.69) is 10.2 Å². The van der Waals surface area contributed by atoms with Gasteiger partial charge in [0.25, 0.3) is 5.91 Å². The van der Waals surface area contributed by atoms with Crippen LogP contribution >= 0.6 is 0 Å². The summed E-state index contributed by atoms with van der Waals surface area (Å²) in [6, 6.07) is 6.56. The van der Waals surface area contributed by atoms with E-state index in [9.17, 15) is 17.6 Å². The molecule has 1 N–H and O–H groups in total. The maximum absolute atomic E-state index is 14.3. The fourth-order valence-electron chi connectivity index (χ4n) is 3.58. The minimum Gasteiger partial charge on any atom is -0.333 e. The molecule has 2 heterocycles. The highest BCUT2D eigenvalue weighted by Crippen LogP contribution is 2.24. The molecule has 0 spiro atoms. The second kappa shape index (κ2) is 8.43. The smallest absolute Gasteiger partial charge is 0.272 e. The normalized spacial score (nSPS) is 16.8. The van der Waals surface area contributed by atoms with Gasteiger partial charge in [-0.05, 0) is 56.7 Å². The molecule has 1 aliphatic rings. The number of aryl methyl sites for hydroxylation is 2. The summed E-state index contributed by atoms with van der Waals surface area (Å²) in [7, 11) is -2.91. The molecule has 28 heavy (non-hydrogen) atoms. The second-order valence-corrected chi connectivity index (χ2v) is 9.87. The summed E-state index contributed by atoms with van der Waals surface area (Å²) in [5.41, 5.74) is 2.38. The summed E-state index contributed by atoms with van der Waals surface area (Å²) in [6.07, 6.45) is 1.93. The Labute approximate surface area is 165 Å². The van der Waals surface area contributed by atoms with E-state index in [1.165, 1.54) is 6.07 Å². The van der Waals surface area contributed by atoms with Crippen LogP contribution in [0.3, 0.4) is 0 Å². The van der Waals surface area contributed by atoms with Crippen LogP contribution in [0.2, 0.25) is 0 Å². The third-order valence-corrected chi connectivity index (χ3v) is 7.12. The van der Waals surface area contributed by atoms with Gasteiger partial charge >= 0.3 is 0 Å². The lowest BCUT2D eigenvalue weighted by Gasteiger charge is -2.27. The molecule has 1 amide bonds. The van der Waals surface area contributed by atoms with E-state index in [4.69, 9.17) is 0 Å². The number of sulfone groups is 1. The van der Waals surface area contributed by atoms with Crippen molar-refractivity contribution in [2.24, 2.45) is 5.92 Å². The Kier molecular flexibility index (Phi) is 6.17. The minimum absolute atomic E-state index is 0.167. The van der Waals surface area contributed by atoms with Crippen LogP contribution in [-0.4, -0.2) is 47.5 Å². The summed E-state index contributed by atoms with van der Waals surface area (Å²) in [5, 5.41) is 6.75. The van der Waals surface area contributed by atoms with Gasteiger partial charge < -0.3 is 4.90 Å². The zero-order chi connectivity index (χ0) is 20.3. The first-order chi connectivity index (χ1) is 13.2. The molecule has 1 saturated heterocycles. The van der Waals surface area contributed by atoms with Crippen LogP contribution in [0.4, 0.5) is 4.39 Å². The summed E-state index contributed by atoms with van der Waals surface area (Å²) in [6.45, 7) is 4.23. The molecule has 8 heteroatoms. The monoisotopic (exact) mass is 407 g/mol.